The van der Waals surface area contributed by atoms with Crippen molar-refractivity contribution in [1.29, 1.82) is 0 Å². The molecule has 0 spiro atoms. The molecule has 0 radical (unpaired) electrons. The van der Waals surface area contributed by atoms with Gasteiger partial charge in [-0.2, -0.15) is 0 Å². The Morgan fingerprint density at radius 3 is 2.57 bits per heavy atom. The van der Waals surface area contributed by atoms with Gasteiger partial charge >= 0.3 is 0 Å². The van der Waals surface area contributed by atoms with Gasteiger partial charge in [0, 0.05) is 23.7 Å². The van der Waals surface area contributed by atoms with Gasteiger partial charge in [-0.05, 0) is 23.3 Å². The van der Waals surface area contributed by atoms with Crippen molar-refractivity contribution in [3.8, 4) is 0 Å². The van der Waals surface area contributed by atoms with Crippen molar-refractivity contribution >= 4 is 23.2 Å². The number of benzene rings is 2. The summed E-state index contributed by atoms with van der Waals surface area (Å²) in [5, 5.41) is 23.7. The fourth-order valence-electron chi connectivity index (χ4n) is 2.03. The van der Waals surface area contributed by atoms with Gasteiger partial charge in [-0.3, -0.25) is 14.9 Å². The molecule has 0 fully saturated rings. The van der Waals surface area contributed by atoms with Crippen molar-refractivity contribution in [2.75, 3.05) is 6.54 Å². The highest BCUT2D eigenvalue weighted by Gasteiger charge is 2.11. The second kappa shape index (κ2) is 7.71. The monoisotopic (exact) mass is 334 g/mol. The summed E-state index contributed by atoms with van der Waals surface area (Å²) in [6.45, 7) is 0.0617. The number of aliphatic hydroxyl groups is 1. The topological polar surface area (TPSA) is 92.5 Å². The number of rotatable bonds is 6. The molecular formula is C16H15ClN2O4. The predicted octanol–water partition coefficient (Wildman–Crippen LogP) is 2.64. The summed E-state index contributed by atoms with van der Waals surface area (Å²) < 4.78 is 0. The summed E-state index contributed by atoms with van der Waals surface area (Å²) in [6.07, 6.45) is -0.769. The summed E-state index contributed by atoms with van der Waals surface area (Å²) in [7, 11) is 0. The minimum Gasteiger partial charge on any atom is -0.387 e. The Hall–Kier alpha value is -2.44. The average molecular weight is 335 g/mol. The molecule has 23 heavy (non-hydrogen) atoms. The van der Waals surface area contributed by atoms with Gasteiger partial charge in [-0.1, -0.05) is 35.9 Å². The zero-order chi connectivity index (χ0) is 16.8. The van der Waals surface area contributed by atoms with Crippen molar-refractivity contribution in [2.24, 2.45) is 0 Å². The number of aliphatic hydroxyl groups excluding tert-OH is 1. The SMILES string of the molecule is O=C(Cc1ccc([N+](=O)[O-])cc1)NC[C@H](O)c1cccc(Cl)c1. The van der Waals surface area contributed by atoms with Gasteiger partial charge in [0.05, 0.1) is 17.4 Å². The van der Waals surface area contributed by atoms with Crippen molar-refractivity contribution in [1.82, 2.24) is 5.32 Å². The van der Waals surface area contributed by atoms with E-state index in [0.29, 0.717) is 16.1 Å². The Balaban J connectivity index is 1.86. The first kappa shape index (κ1) is 16.9. The lowest BCUT2D eigenvalue weighted by molar-refractivity contribution is -0.384. The third-order valence-corrected chi connectivity index (χ3v) is 3.47. The highest BCUT2D eigenvalue weighted by Crippen LogP contribution is 2.17. The summed E-state index contributed by atoms with van der Waals surface area (Å²) in [5.41, 5.74) is 1.25. The minimum absolute atomic E-state index is 0.0227. The smallest absolute Gasteiger partial charge is 0.269 e. The van der Waals surface area contributed by atoms with Crippen molar-refractivity contribution < 1.29 is 14.8 Å². The first-order valence-corrected chi connectivity index (χ1v) is 7.27. The maximum absolute atomic E-state index is 11.9. The maximum atomic E-state index is 11.9. The summed E-state index contributed by atoms with van der Waals surface area (Å²) in [4.78, 5) is 21.9. The van der Waals surface area contributed by atoms with Crippen molar-refractivity contribution in [2.45, 2.75) is 12.5 Å². The highest BCUT2D eigenvalue weighted by molar-refractivity contribution is 6.30. The fraction of sp³-hybridized carbons (Fsp3) is 0.188. The fourth-order valence-corrected chi connectivity index (χ4v) is 2.22. The van der Waals surface area contributed by atoms with E-state index in [1.165, 1.54) is 24.3 Å². The van der Waals surface area contributed by atoms with E-state index in [2.05, 4.69) is 5.32 Å². The van der Waals surface area contributed by atoms with E-state index in [9.17, 15) is 20.0 Å². The second-order valence-corrected chi connectivity index (χ2v) is 5.41. The lowest BCUT2D eigenvalue weighted by atomic mass is 10.1. The second-order valence-electron chi connectivity index (χ2n) is 4.98. The number of carbonyl (C=O) groups excluding carboxylic acids is 1. The molecule has 0 saturated carbocycles. The molecule has 0 aromatic heterocycles. The van der Waals surface area contributed by atoms with Crippen LogP contribution < -0.4 is 5.32 Å². The van der Waals surface area contributed by atoms with Crippen LogP contribution in [0.15, 0.2) is 48.5 Å². The maximum Gasteiger partial charge on any atom is 0.269 e. The molecule has 0 aliphatic heterocycles. The molecule has 2 aromatic carbocycles. The molecule has 0 bridgehead atoms. The van der Waals surface area contributed by atoms with Crippen LogP contribution in [-0.2, 0) is 11.2 Å². The largest absolute Gasteiger partial charge is 0.387 e. The number of nitro groups is 1. The molecule has 0 aliphatic carbocycles. The number of halogens is 1. The van der Waals surface area contributed by atoms with Gasteiger partial charge in [-0.25, -0.2) is 0 Å². The van der Waals surface area contributed by atoms with Crippen LogP contribution in [-0.4, -0.2) is 22.5 Å². The molecule has 1 amide bonds. The zero-order valence-electron chi connectivity index (χ0n) is 12.1. The van der Waals surface area contributed by atoms with Gasteiger partial charge in [0.15, 0.2) is 0 Å². The molecule has 0 unspecified atom stereocenters. The molecule has 7 heteroatoms. The van der Waals surface area contributed by atoms with Crippen LogP contribution in [0.25, 0.3) is 0 Å². The number of nitrogens with one attached hydrogen (secondary N) is 1. The molecule has 120 valence electrons. The van der Waals surface area contributed by atoms with Crippen LogP contribution in [0.5, 0.6) is 0 Å². The third-order valence-electron chi connectivity index (χ3n) is 3.24. The van der Waals surface area contributed by atoms with Gasteiger partial charge in [0.25, 0.3) is 5.69 Å². The highest BCUT2D eigenvalue weighted by atomic mass is 35.5. The summed E-state index contributed by atoms with van der Waals surface area (Å²) in [5.74, 6) is -0.278. The number of nitro benzene ring substituents is 1. The van der Waals surface area contributed by atoms with Gasteiger partial charge < -0.3 is 10.4 Å². The number of carbonyl (C=O) groups is 1. The first-order chi connectivity index (χ1) is 11.0. The quantitative estimate of drug-likeness (QED) is 0.627. The average Bonchev–Trinajstić information content (AvgIpc) is 2.53. The molecule has 2 aromatic rings. The van der Waals surface area contributed by atoms with Crippen LogP contribution >= 0.6 is 11.6 Å². The van der Waals surface area contributed by atoms with Crippen LogP contribution in [0.1, 0.15) is 17.2 Å². The molecule has 0 saturated heterocycles. The van der Waals surface area contributed by atoms with E-state index in [1.54, 1.807) is 24.3 Å². The van der Waals surface area contributed by atoms with Gasteiger partial charge in [0.1, 0.15) is 0 Å². The summed E-state index contributed by atoms with van der Waals surface area (Å²) >= 11 is 5.85. The third kappa shape index (κ3) is 5.05. The van der Waals surface area contributed by atoms with E-state index >= 15 is 0 Å². The van der Waals surface area contributed by atoms with E-state index in [0.717, 1.165) is 0 Å². The number of non-ortho nitro benzene ring substituents is 1. The van der Waals surface area contributed by atoms with Gasteiger partial charge in [-0.15, -0.1) is 0 Å². The van der Waals surface area contributed by atoms with E-state index in [1.807, 2.05) is 0 Å². The predicted molar refractivity (Wildman–Crippen MR) is 86.2 cm³/mol. The standard InChI is InChI=1S/C16H15ClN2O4/c17-13-3-1-2-12(9-13)15(20)10-18-16(21)8-11-4-6-14(7-5-11)19(22)23/h1-7,9,15,20H,8,10H2,(H,18,21)/t15-/m0/s1. The van der Waals surface area contributed by atoms with E-state index < -0.39 is 11.0 Å². The van der Waals surface area contributed by atoms with Crippen LogP contribution in [0, 0.1) is 10.1 Å². The Morgan fingerprint density at radius 1 is 1.26 bits per heavy atom. The first-order valence-electron chi connectivity index (χ1n) is 6.89. The van der Waals surface area contributed by atoms with Crippen LogP contribution in [0.2, 0.25) is 5.02 Å². The molecule has 1 atom stereocenters. The van der Waals surface area contributed by atoms with Crippen molar-refractivity contribution in [3.63, 3.8) is 0 Å². The van der Waals surface area contributed by atoms with E-state index in [-0.39, 0.29) is 24.6 Å². The summed E-state index contributed by atoms with van der Waals surface area (Å²) in [6, 6.07) is 12.5. The Morgan fingerprint density at radius 2 is 1.96 bits per heavy atom. The normalized spacial score (nSPS) is 11.7. The number of hydrogen-bond donors (Lipinski definition) is 2. The molecule has 2 rings (SSSR count). The number of amides is 1. The number of nitrogens with zero attached hydrogens (tertiary/aromatic N) is 1. The van der Waals surface area contributed by atoms with Crippen LogP contribution in [0.3, 0.4) is 0 Å². The minimum atomic E-state index is -0.852. The zero-order valence-corrected chi connectivity index (χ0v) is 12.9. The number of hydrogen-bond acceptors (Lipinski definition) is 4. The lowest BCUT2D eigenvalue weighted by Gasteiger charge is -2.12. The van der Waals surface area contributed by atoms with Crippen LogP contribution in [0.4, 0.5) is 5.69 Å². The molecule has 0 aliphatic rings. The Labute approximate surface area is 137 Å². The lowest BCUT2D eigenvalue weighted by Crippen LogP contribution is -2.29. The molecular weight excluding hydrogens is 320 g/mol. The molecule has 0 heterocycles. The van der Waals surface area contributed by atoms with Crippen molar-refractivity contribution in [3.05, 3.63) is 74.8 Å². The van der Waals surface area contributed by atoms with E-state index in [4.69, 9.17) is 11.6 Å². The Kier molecular flexibility index (Phi) is 5.67. The Bertz CT molecular complexity index is 703. The van der Waals surface area contributed by atoms with Gasteiger partial charge in [0.2, 0.25) is 5.91 Å². The molecule has 6 nitrogen and oxygen atoms in total. The molecule has 2 N–H and O–H groups in total.